The van der Waals surface area contributed by atoms with Gasteiger partial charge >= 0.3 is 0 Å². The number of nitrogens with zero attached hydrogens (tertiary/aromatic N) is 2. The van der Waals surface area contributed by atoms with Crippen molar-refractivity contribution in [2.75, 3.05) is 25.6 Å². The smallest absolute Gasteiger partial charge is 0.231 e. The lowest BCUT2D eigenvalue weighted by Crippen LogP contribution is -2.42. The molecule has 0 unspecified atom stereocenters. The molecule has 7 heteroatoms. The third-order valence-corrected chi connectivity index (χ3v) is 6.11. The first-order valence-electron chi connectivity index (χ1n) is 9.82. The molecule has 7 nitrogen and oxygen atoms in total. The summed E-state index contributed by atoms with van der Waals surface area (Å²) in [6.07, 6.45) is 2.66. The fourth-order valence-corrected chi connectivity index (χ4v) is 4.69. The van der Waals surface area contributed by atoms with Crippen LogP contribution >= 0.6 is 0 Å². The van der Waals surface area contributed by atoms with E-state index in [0.717, 1.165) is 43.8 Å². The number of pyridine rings is 1. The maximum atomic E-state index is 10.7. The molecule has 0 bridgehead atoms. The lowest BCUT2D eigenvalue weighted by Gasteiger charge is -2.35. The maximum absolute atomic E-state index is 10.7. The van der Waals surface area contributed by atoms with Gasteiger partial charge in [0.2, 0.25) is 6.79 Å². The quantitative estimate of drug-likeness (QED) is 0.835. The zero-order chi connectivity index (χ0) is 19.1. The topological polar surface area (TPSA) is 90.1 Å². The van der Waals surface area contributed by atoms with Gasteiger partial charge in [-0.3, -0.25) is 4.90 Å². The minimum Gasteiger partial charge on any atom is -0.488 e. The Hall–Kier alpha value is -2.51. The molecule has 3 aliphatic rings. The Kier molecular flexibility index (Phi) is 4.49. The van der Waals surface area contributed by atoms with Crippen LogP contribution in [0.1, 0.15) is 18.4 Å². The molecule has 0 spiro atoms. The molecule has 2 aliphatic heterocycles. The Labute approximate surface area is 164 Å². The van der Waals surface area contributed by atoms with Crippen molar-refractivity contribution in [2.24, 2.45) is 11.8 Å². The van der Waals surface area contributed by atoms with Gasteiger partial charge in [0.1, 0.15) is 17.7 Å². The van der Waals surface area contributed by atoms with Crippen LogP contribution in [-0.2, 0) is 6.54 Å². The summed E-state index contributed by atoms with van der Waals surface area (Å²) in [6.45, 7) is 3.02. The molecule has 1 saturated heterocycles. The number of aromatic nitrogens is 1. The number of ether oxygens (including phenoxy) is 3. The van der Waals surface area contributed by atoms with Crippen molar-refractivity contribution in [3.8, 4) is 17.2 Å². The van der Waals surface area contributed by atoms with Crippen LogP contribution in [0.3, 0.4) is 0 Å². The molecule has 4 atom stereocenters. The number of hydrogen-bond acceptors (Lipinski definition) is 7. The second-order valence-corrected chi connectivity index (χ2v) is 7.97. The Morgan fingerprint density at radius 3 is 2.82 bits per heavy atom. The number of anilines is 1. The summed E-state index contributed by atoms with van der Waals surface area (Å²) < 4.78 is 16.9. The van der Waals surface area contributed by atoms with Gasteiger partial charge in [-0.25, -0.2) is 4.98 Å². The molecular weight excluding hydrogens is 358 g/mol. The van der Waals surface area contributed by atoms with Gasteiger partial charge in [0.15, 0.2) is 11.5 Å². The first-order valence-corrected chi connectivity index (χ1v) is 9.82. The van der Waals surface area contributed by atoms with Crippen molar-refractivity contribution in [3.63, 3.8) is 0 Å². The zero-order valence-corrected chi connectivity index (χ0v) is 15.7. The van der Waals surface area contributed by atoms with Crippen molar-refractivity contribution in [1.82, 2.24) is 9.88 Å². The number of nitrogens with two attached hydrogens (primary N) is 1. The predicted octanol–water partition coefficient (Wildman–Crippen LogP) is 2.04. The van der Waals surface area contributed by atoms with E-state index in [-0.39, 0.29) is 12.9 Å². The highest BCUT2D eigenvalue weighted by Gasteiger charge is 2.42. The molecule has 28 heavy (non-hydrogen) atoms. The molecule has 1 saturated carbocycles. The normalized spacial score (nSPS) is 28.9. The third-order valence-electron chi connectivity index (χ3n) is 6.11. The maximum Gasteiger partial charge on any atom is 0.231 e. The van der Waals surface area contributed by atoms with Gasteiger partial charge < -0.3 is 25.1 Å². The van der Waals surface area contributed by atoms with Crippen LogP contribution < -0.4 is 19.9 Å². The summed E-state index contributed by atoms with van der Waals surface area (Å²) in [5, 5.41) is 10.7. The van der Waals surface area contributed by atoms with Gasteiger partial charge in [0, 0.05) is 37.5 Å². The summed E-state index contributed by atoms with van der Waals surface area (Å²) in [6, 6.07) is 9.52. The van der Waals surface area contributed by atoms with E-state index >= 15 is 0 Å². The monoisotopic (exact) mass is 383 g/mol. The summed E-state index contributed by atoms with van der Waals surface area (Å²) >= 11 is 0. The SMILES string of the molecule is Nc1ncccc1CN1C[C@H]2C[C@@H](Oc3ccc4c(c3)OCO4)[C@H](O)C[C@H]2C1. The van der Waals surface area contributed by atoms with E-state index in [2.05, 4.69) is 9.88 Å². The molecule has 2 aromatic rings. The van der Waals surface area contributed by atoms with Crippen molar-refractivity contribution >= 4 is 5.82 Å². The minimum atomic E-state index is -0.463. The van der Waals surface area contributed by atoms with Gasteiger partial charge in [-0.2, -0.15) is 0 Å². The van der Waals surface area contributed by atoms with E-state index < -0.39 is 6.10 Å². The number of benzene rings is 1. The van der Waals surface area contributed by atoms with E-state index in [1.165, 1.54) is 0 Å². The van der Waals surface area contributed by atoms with Gasteiger partial charge in [-0.15, -0.1) is 0 Å². The number of fused-ring (bicyclic) bond motifs is 2. The minimum absolute atomic E-state index is 0.204. The van der Waals surface area contributed by atoms with Gasteiger partial charge in [0.05, 0.1) is 6.10 Å². The lowest BCUT2D eigenvalue weighted by molar-refractivity contribution is -0.0232. The van der Waals surface area contributed by atoms with Crippen molar-refractivity contribution in [2.45, 2.75) is 31.6 Å². The molecule has 3 N–H and O–H groups in total. The number of rotatable bonds is 4. The molecule has 2 fully saturated rings. The highest BCUT2D eigenvalue weighted by atomic mass is 16.7. The van der Waals surface area contributed by atoms with E-state index in [1.54, 1.807) is 6.20 Å². The molecule has 1 aliphatic carbocycles. The first-order chi connectivity index (χ1) is 13.7. The van der Waals surface area contributed by atoms with Crippen molar-refractivity contribution < 1.29 is 19.3 Å². The molecule has 0 amide bonds. The van der Waals surface area contributed by atoms with E-state index in [4.69, 9.17) is 19.9 Å². The number of likely N-dealkylation sites (tertiary alicyclic amines) is 1. The van der Waals surface area contributed by atoms with Gasteiger partial charge in [-0.05, 0) is 42.9 Å². The van der Waals surface area contributed by atoms with Crippen LogP contribution in [0.5, 0.6) is 17.2 Å². The Balaban J connectivity index is 1.23. The Bertz CT molecular complexity index is 861. The third kappa shape index (κ3) is 3.36. The Morgan fingerprint density at radius 1 is 1.14 bits per heavy atom. The van der Waals surface area contributed by atoms with Crippen molar-refractivity contribution in [3.05, 3.63) is 42.1 Å². The van der Waals surface area contributed by atoms with Crippen LogP contribution in [-0.4, -0.2) is 47.1 Å². The van der Waals surface area contributed by atoms with Crippen LogP contribution in [0, 0.1) is 11.8 Å². The van der Waals surface area contributed by atoms with E-state index in [9.17, 15) is 5.11 Å². The summed E-state index contributed by atoms with van der Waals surface area (Å²) in [5.41, 5.74) is 7.06. The number of nitrogen functional groups attached to an aromatic ring is 1. The number of aliphatic hydroxyl groups excluding tert-OH is 1. The van der Waals surface area contributed by atoms with E-state index in [1.807, 2.05) is 30.3 Å². The molecule has 1 aromatic heterocycles. The molecule has 0 radical (unpaired) electrons. The van der Waals surface area contributed by atoms with Gasteiger partial charge in [-0.1, -0.05) is 6.07 Å². The fraction of sp³-hybridized carbons (Fsp3) is 0.476. The average Bonchev–Trinajstić information content (AvgIpc) is 3.29. The Morgan fingerprint density at radius 2 is 1.96 bits per heavy atom. The van der Waals surface area contributed by atoms with Crippen molar-refractivity contribution in [1.29, 1.82) is 0 Å². The molecule has 148 valence electrons. The number of hydrogen-bond donors (Lipinski definition) is 2. The fourth-order valence-electron chi connectivity index (χ4n) is 4.69. The first kappa shape index (κ1) is 17.6. The van der Waals surface area contributed by atoms with E-state index in [0.29, 0.717) is 29.2 Å². The zero-order valence-electron chi connectivity index (χ0n) is 15.7. The summed E-state index contributed by atoms with van der Waals surface area (Å²) in [4.78, 5) is 6.59. The summed E-state index contributed by atoms with van der Waals surface area (Å²) in [5.74, 6) is 3.75. The molecule has 3 heterocycles. The van der Waals surface area contributed by atoms with Crippen LogP contribution in [0.2, 0.25) is 0 Å². The second-order valence-electron chi connectivity index (χ2n) is 7.97. The predicted molar refractivity (Wildman–Crippen MR) is 103 cm³/mol. The van der Waals surface area contributed by atoms with Crippen LogP contribution in [0.15, 0.2) is 36.5 Å². The standard InChI is InChI=1S/C21H25N3O4/c22-21-13(2-1-5-23-21)9-24-10-14-6-17(25)19(7-15(14)11-24)28-16-3-4-18-20(8-16)27-12-26-18/h1-5,8,14-15,17,19,25H,6-7,9-12H2,(H2,22,23)/t14-,15+,17+,19+/m0/s1. The largest absolute Gasteiger partial charge is 0.488 e. The average molecular weight is 383 g/mol. The van der Waals surface area contributed by atoms with Crippen LogP contribution in [0.4, 0.5) is 5.82 Å². The highest BCUT2D eigenvalue weighted by Crippen LogP contribution is 2.40. The highest BCUT2D eigenvalue weighted by molar-refractivity contribution is 5.47. The number of aliphatic hydroxyl groups is 1. The molecule has 1 aromatic carbocycles. The molecular formula is C21H25N3O4. The second kappa shape index (κ2) is 7.14. The van der Waals surface area contributed by atoms with Gasteiger partial charge in [0.25, 0.3) is 0 Å². The summed E-state index contributed by atoms with van der Waals surface area (Å²) in [7, 11) is 0. The van der Waals surface area contributed by atoms with Crippen LogP contribution in [0.25, 0.3) is 0 Å². The molecule has 5 rings (SSSR count). The lowest BCUT2D eigenvalue weighted by atomic mass is 9.78.